The van der Waals surface area contributed by atoms with E-state index in [0.29, 0.717) is 29.7 Å². The van der Waals surface area contributed by atoms with E-state index in [1.807, 2.05) is 0 Å². The highest BCUT2D eigenvalue weighted by Crippen LogP contribution is 2.25. The van der Waals surface area contributed by atoms with Gasteiger partial charge >= 0.3 is 0 Å². The van der Waals surface area contributed by atoms with Crippen LogP contribution in [0.4, 0.5) is 0 Å². The van der Waals surface area contributed by atoms with Crippen molar-refractivity contribution in [3.8, 4) is 0 Å². The summed E-state index contributed by atoms with van der Waals surface area (Å²) in [5.74, 6) is 2.18. The molecule has 1 rings (SSSR count). The molecule has 1 aliphatic heterocycles. The minimum atomic E-state index is 0.0234. The van der Waals surface area contributed by atoms with E-state index in [0.717, 1.165) is 19.3 Å². The third kappa shape index (κ3) is 5.61. The second-order valence-corrected chi connectivity index (χ2v) is 8.06. The van der Waals surface area contributed by atoms with Crippen LogP contribution >= 0.6 is 0 Å². The molecular weight excluding hydrogens is 260 g/mol. The van der Waals surface area contributed by atoms with Gasteiger partial charge in [0.25, 0.3) is 0 Å². The summed E-state index contributed by atoms with van der Waals surface area (Å²) in [5, 5.41) is 3.60. The van der Waals surface area contributed by atoms with E-state index in [-0.39, 0.29) is 12.2 Å². The van der Waals surface area contributed by atoms with Gasteiger partial charge in [0.1, 0.15) is 0 Å². The lowest BCUT2D eigenvalue weighted by molar-refractivity contribution is -0.132. The summed E-state index contributed by atoms with van der Waals surface area (Å²) < 4.78 is 0. The van der Waals surface area contributed by atoms with E-state index in [1.54, 1.807) is 0 Å². The molecule has 124 valence electrons. The Kier molecular flexibility index (Phi) is 7.19. The summed E-state index contributed by atoms with van der Waals surface area (Å²) in [4.78, 5) is 14.9. The number of hydrogen-bond acceptors (Lipinski definition) is 2. The number of amides is 1. The molecule has 1 amide bonds. The van der Waals surface area contributed by atoms with Crippen LogP contribution in [0.15, 0.2) is 0 Å². The molecule has 1 fully saturated rings. The lowest BCUT2D eigenvalue weighted by atomic mass is 10.0. The van der Waals surface area contributed by atoms with Crippen molar-refractivity contribution in [1.82, 2.24) is 10.2 Å². The van der Waals surface area contributed by atoms with Crippen LogP contribution in [-0.2, 0) is 4.79 Å². The zero-order valence-electron chi connectivity index (χ0n) is 15.1. The molecule has 0 bridgehead atoms. The van der Waals surface area contributed by atoms with Gasteiger partial charge < -0.3 is 4.90 Å². The topological polar surface area (TPSA) is 32.3 Å². The molecular formula is C18H36N2O. The van der Waals surface area contributed by atoms with Crippen molar-refractivity contribution in [2.24, 2.45) is 17.8 Å². The summed E-state index contributed by atoms with van der Waals surface area (Å²) in [6, 6.07) is 0.364. The lowest BCUT2D eigenvalue weighted by Crippen LogP contribution is -2.44. The minimum Gasteiger partial charge on any atom is -0.323 e. The van der Waals surface area contributed by atoms with E-state index >= 15 is 0 Å². The molecule has 21 heavy (non-hydrogen) atoms. The average Bonchev–Trinajstić information content (AvgIpc) is 2.61. The largest absolute Gasteiger partial charge is 0.323 e. The predicted molar refractivity (Wildman–Crippen MR) is 90.0 cm³/mol. The molecule has 1 heterocycles. The Morgan fingerprint density at radius 2 is 1.48 bits per heavy atom. The molecule has 0 saturated carbocycles. The normalized spacial score (nSPS) is 24.7. The molecule has 1 saturated heterocycles. The van der Waals surface area contributed by atoms with E-state index in [2.05, 4.69) is 58.7 Å². The Hall–Kier alpha value is -0.570. The van der Waals surface area contributed by atoms with Crippen molar-refractivity contribution >= 4 is 5.91 Å². The lowest BCUT2D eigenvalue weighted by Gasteiger charge is -2.31. The highest BCUT2D eigenvalue weighted by atomic mass is 16.2. The van der Waals surface area contributed by atoms with Crippen LogP contribution < -0.4 is 5.32 Å². The second-order valence-electron chi connectivity index (χ2n) is 8.06. The van der Waals surface area contributed by atoms with Gasteiger partial charge in [-0.2, -0.15) is 0 Å². The first kappa shape index (κ1) is 18.5. The first-order valence-electron chi connectivity index (χ1n) is 8.80. The van der Waals surface area contributed by atoms with Crippen LogP contribution in [-0.4, -0.2) is 29.1 Å². The van der Waals surface area contributed by atoms with Gasteiger partial charge in [0, 0.05) is 6.04 Å². The van der Waals surface area contributed by atoms with Gasteiger partial charge in [0.15, 0.2) is 0 Å². The maximum Gasteiger partial charge on any atom is 0.241 e. The van der Waals surface area contributed by atoms with E-state index in [1.165, 1.54) is 6.42 Å². The van der Waals surface area contributed by atoms with Crippen LogP contribution in [0.1, 0.15) is 74.1 Å². The number of carbonyl (C=O) groups excluding carboxylic acids is 1. The Balaban J connectivity index is 2.76. The Labute approximate surface area is 131 Å². The standard InChI is InChI=1S/C18H36N2O/c1-12(2)8-9-15(7)20-17(11-14(5)6)19-16(18(20)21)10-13(3)4/h12-17,19H,8-11H2,1-7H3. The molecule has 3 nitrogen and oxygen atoms in total. The van der Waals surface area contributed by atoms with Gasteiger partial charge in [0.2, 0.25) is 5.91 Å². The Bertz CT molecular complexity index is 325. The number of nitrogens with zero attached hydrogens (tertiary/aromatic N) is 1. The number of nitrogens with one attached hydrogen (secondary N) is 1. The zero-order chi connectivity index (χ0) is 16.2. The SMILES string of the molecule is CC(C)CCC(C)N1C(=O)C(CC(C)C)NC1CC(C)C. The maximum atomic E-state index is 12.8. The van der Waals surface area contributed by atoms with Gasteiger partial charge in [-0.25, -0.2) is 0 Å². The predicted octanol–water partition coefficient (Wildman–Crippen LogP) is 4.03. The van der Waals surface area contributed by atoms with E-state index in [4.69, 9.17) is 0 Å². The van der Waals surface area contributed by atoms with E-state index in [9.17, 15) is 4.79 Å². The highest BCUT2D eigenvalue weighted by molar-refractivity contribution is 5.84. The summed E-state index contributed by atoms with van der Waals surface area (Å²) in [6.07, 6.45) is 4.51. The third-order valence-electron chi connectivity index (χ3n) is 4.32. The monoisotopic (exact) mass is 296 g/mol. The quantitative estimate of drug-likeness (QED) is 0.733. The maximum absolute atomic E-state index is 12.8. The van der Waals surface area contributed by atoms with Crippen LogP contribution in [0.25, 0.3) is 0 Å². The van der Waals surface area contributed by atoms with Crippen molar-refractivity contribution in [3.63, 3.8) is 0 Å². The Morgan fingerprint density at radius 1 is 0.905 bits per heavy atom. The van der Waals surface area contributed by atoms with E-state index < -0.39 is 0 Å². The van der Waals surface area contributed by atoms with Crippen molar-refractivity contribution in [2.45, 2.75) is 92.4 Å². The van der Waals surface area contributed by atoms with Crippen LogP contribution in [0, 0.1) is 17.8 Å². The summed E-state index contributed by atoms with van der Waals surface area (Å²) in [5.41, 5.74) is 0. The second kappa shape index (κ2) is 8.17. The fourth-order valence-corrected chi connectivity index (χ4v) is 3.22. The van der Waals surface area contributed by atoms with Crippen LogP contribution in [0.5, 0.6) is 0 Å². The van der Waals surface area contributed by atoms with Crippen molar-refractivity contribution in [1.29, 1.82) is 0 Å². The minimum absolute atomic E-state index is 0.0234. The van der Waals surface area contributed by atoms with Crippen molar-refractivity contribution < 1.29 is 4.79 Å². The van der Waals surface area contributed by atoms with Gasteiger partial charge in [-0.15, -0.1) is 0 Å². The number of hydrogen-bond donors (Lipinski definition) is 1. The first-order chi connectivity index (χ1) is 9.72. The fourth-order valence-electron chi connectivity index (χ4n) is 3.22. The van der Waals surface area contributed by atoms with Crippen molar-refractivity contribution in [3.05, 3.63) is 0 Å². The zero-order valence-corrected chi connectivity index (χ0v) is 15.1. The summed E-state index contributed by atoms with van der Waals surface area (Å²) >= 11 is 0. The van der Waals surface area contributed by atoms with Crippen LogP contribution in [0.3, 0.4) is 0 Å². The van der Waals surface area contributed by atoms with Crippen molar-refractivity contribution in [2.75, 3.05) is 0 Å². The van der Waals surface area contributed by atoms with Gasteiger partial charge in [-0.3, -0.25) is 10.1 Å². The average molecular weight is 296 g/mol. The smallest absolute Gasteiger partial charge is 0.241 e. The summed E-state index contributed by atoms with van der Waals surface area (Å²) in [6.45, 7) is 15.6. The highest BCUT2D eigenvalue weighted by Gasteiger charge is 2.41. The molecule has 3 unspecified atom stereocenters. The number of carbonyl (C=O) groups is 1. The Morgan fingerprint density at radius 3 is 1.95 bits per heavy atom. The first-order valence-corrected chi connectivity index (χ1v) is 8.80. The molecule has 0 aromatic rings. The number of rotatable bonds is 8. The molecule has 1 N–H and O–H groups in total. The molecule has 0 aromatic carbocycles. The molecule has 0 aliphatic carbocycles. The molecule has 3 atom stereocenters. The molecule has 1 aliphatic rings. The molecule has 0 spiro atoms. The summed E-state index contributed by atoms with van der Waals surface area (Å²) in [7, 11) is 0. The molecule has 0 radical (unpaired) electrons. The van der Waals surface area contributed by atoms with Gasteiger partial charge in [-0.05, 0) is 50.4 Å². The van der Waals surface area contributed by atoms with Gasteiger partial charge in [0.05, 0.1) is 12.2 Å². The van der Waals surface area contributed by atoms with Gasteiger partial charge in [-0.1, -0.05) is 41.5 Å². The molecule has 0 aromatic heterocycles. The fraction of sp³-hybridized carbons (Fsp3) is 0.944. The third-order valence-corrected chi connectivity index (χ3v) is 4.32. The van der Waals surface area contributed by atoms with Crippen LogP contribution in [0.2, 0.25) is 0 Å². The molecule has 3 heteroatoms.